The molecule has 1 fully saturated rings. The Balaban J connectivity index is 2.03. The molecule has 1 aliphatic carbocycles. The van der Waals surface area contributed by atoms with Gasteiger partial charge in [-0.2, -0.15) is 0 Å². The van der Waals surface area contributed by atoms with E-state index in [-0.39, 0.29) is 18.5 Å². The number of hydrogen-bond donors (Lipinski definition) is 3. The van der Waals surface area contributed by atoms with Crippen LogP contribution >= 0.6 is 10.5 Å². The number of hydrogen-bond acceptors (Lipinski definition) is 4. The standard InChI is InChI=1S/C26H36FN3O3S/c1-4-34(3,33)28-18-24(31)30(22-15-10-12-20(27)17-22)25(23-16-9-8-11-19(23)2)26(32)29-21-13-6-5-7-14-21/h8-12,15-17,21,25,28,33H,4-7,13-14,18H2,1-3H3,(H,29,32). The molecule has 1 aliphatic rings. The summed E-state index contributed by atoms with van der Waals surface area (Å²) in [7, 11) is -2.15. The number of benzene rings is 2. The molecule has 0 aliphatic heterocycles. The molecule has 2 unspecified atom stereocenters. The molecule has 0 radical (unpaired) electrons. The minimum Gasteiger partial charge on any atom is -0.351 e. The lowest BCUT2D eigenvalue weighted by Crippen LogP contribution is -2.49. The molecule has 3 N–H and O–H groups in total. The summed E-state index contributed by atoms with van der Waals surface area (Å²) in [4.78, 5) is 28.7. The first-order valence-electron chi connectivity index (χ1n) is 11.9. The largest absolute Gasteiger partial charge is 0.351 e. The van der Waals surface area contributed by atoms with Crippen molar-refractivity contribution >= 4 is 28.0 Å². The van der Waals surface area contributed by atoms with Crippen LogP contribution in [0, 0.1) is 12.7 Å². The molecular formula is C26H36FN3O3S. The molecule has 0 spiro atoms. The Bertz CT molecular complexity index is 995. The van der Waals surface area contributed by atoms with Crippen LogP contribution in [0.4, 0.5) is 10.1 Å². The van der Waals surface area contributed by atoms with Crippen molar-refractivity contribution in [3.8, 4) is 0 Å². The Hall–Kier alpha value is -2.42. The lowest BCUT2D eigenvalue weighted by atomic mass is 9.93. The second-order valence-corrected chi connectivity index (χ2v) is 11.9. The summed E-state index contributed by atoms with van der Waals surface area (Å²) in [6.07, 6.45) is 6.76. The molecule has 186 valence electrons. The lowest BCUT2D eigenvalue weighted by molar-refractivity contribution is -0.127. The van der Waals surface area contributed by atoms with Gasteiger partial charge in [0.05, 0.1) is 6.54 Å². The molecule has 0 bridgehead atoms. The number of nitrogens with one attached hydrogen (secondary N) is 2. The first-order chi connectivity index (χ1) is 16.2. The van der Waals surface area contributed by atoms with E-state index in [1.807, 2.05) is 38.1 Å². The second kappa shape index (κ2) is 11.8. The molecular weight excluding hydrogens is 453 g/mol. The van der Waals surface area contributed by atoms with Crippen molar-refractivity contribution in [1.82, 2.24) is 10.0 Å². The molecule has 2 aromatic rings. The zero-order chi connectivity index (χ0) is 24.7. The number of halogens is 1. The summed E-state index contributed by atoms with van der Waals surface area (Å²) < 4.78 is 27.6. The lowest BCUT2D eigenvalue weighted by Gasteiger charge is -2.35. The number of amides is 2. The number of carbonyl (C=O) groups excluding carboxylic acids is 2. The molecule has 3 rings (SSSR count). The maximum atomic E-state index is 14.2. The van der Waals surface area contributed by atoms with Crippen LogP contribution < -0.4 is 14.9 Å². The summed E-state index contributed by atoms with van der Waals surface area (Å²) in [5, 5.41) is 3.16. The Morgan fingerprint density at radius 2 is 1.85 bits per heavy atom. The van der Waals surface area contributed by atoms with Gasteiger partial charge in [-0.25, -0.2) is 4.39 Å². The topological polar surface area (TPSA) is 81.7 Å². The first kappa shape index (κ1) is 26.2. The Labute approximate surface area is 203 Å². The van der Waals surface area contributed by atoms with Gasteiger partial charge in [0.1, 0.15) is 11.9 Å². The third kappa shape index (κ3) is 6.81. The zero-order valence-corrected chi connectivity index (χ0v) is 21.0. The van der Waals surface area contributed by atoms with Crippen molar-refractivity contribution in [3.05, 3.63) is 65.5 Å². The molecule has 0 heterocycles. The van der Waals surface area contributed by atoms with E-state index in [1.165, 1.54) is 23.1 Å². The fraction of sp³-hybridized carbons (Fsp3) is 0.462. The van der Waals surface area contributed by atoms with E-state index < -0.39 is 28.3 Å². The van der Waals surface area contributed by atoms with Gasteiger partial charge in [-0.15, -0.1) is 0 Å². The van der Waals surface area contributed by atoms with Crippen LogP contribution in [0.1, 0.15) is 56.2 Å². The molecule has 2 aromatic carbocycles. The summed E-state index contributed by atoms with van der Waals surface area (Å²) >= 11 is 0. The van der Waals surface area contributed by atoms with Crippen molar-refractivity contribution in [1.29, 1.82) is 0 Å². The Morgan fingerprint density at radius 3 is 2.50 bits per heavy atom. The van der Waals surface area contributed by atoms with E-state index in [0.29, 0.717) is 17.0 Å². The highest BCUT2D eigenvalue weighted by Gasteiger charge is 2.35. The van der Waals surface area contributed by atoms with E-state index in [1.54, 1.807) is 12.3 Å². The average Bonchev–Trinajstić information content (AvgIpc) is 2.82. The molecule has 34 heavy (non-hydrogen) atoms. The van der Waals surface area contributed by atoms with E-state index in [0.717, 1.165) is 37.7 Å². The van der Waals surface area contributed by atoms with Crippen LogP contribution in [0.5, 0.6) is 0 Å². The van der Waals surface area contributed by atoms with Crippen LogP contribution in [-0.2, 0) is 9.59 Å². The predicted octanol–water partition coefficient (Wildman–Crippen LogP) is 5.09. The summed E-state index contributed by atoms with van der Waals surface area (Å²) in [5.74, 6) is -0.721. The van der Waals surface area contributed by atoms with Crippen molar-refractivity contribution in [3.63, 3.8) is 0 Å². The van der Waals surface area contributed by atoms with Crippen LogP contribution in [0.15, 0.2) is 48.5 Å². The number of anilines is 1. The minimum absolute atomic E-state index is 0.0561. The van der Waals surface area contributed by atoms with Gasteiger partial charge in [0.15, 0.2) is 0 Å². The first-order valence-corrected chi connectivity index (χ1v) is 14.0. The third-order valence-electron chi connectivity index (χ3n) is 6.39. The van der Waals surface area contributed by atoms with Gasteiger partial charge < -0.3 is 9.87 Å². The van der Waals surface area contributed by atoms with Gasteiger partial charge >= 0.3 is 0 Å². The highest BCUT2D eigenvalue weighted by atomic mass is 32.3. The minimum atomic E-state index is -2.15. The number of aryl methyl sites for hydroxylation is 1. The summed E-state index contributed by atoms with van der Waals surface area (Å²) in [5.41, 5.74) is 1.84. The van der Waals surface area contributed by atoms with Gasteiger partial charge in [0.25, 0.3) is 0 Å². The van der Waals surface area contributed by atoms with E-state index in [4.69, 9.17) is 0 Å². The fourth-order valence-corrected chi connectivity index (χ4v) is 4.92. The van der Waals surface area contributed by atoms with Crippen molar-refractivity contribution < 1.29 is 18.5 Å². The molecule has 6 nitrogen and oxygen atoms in total. The monoisotopic (exact) mass is 489 g/mol. The van der Waals surface area contributed by atoms with Gasteiger partial charge in [-0.05, 0) is 55.3 Å². The Kier molecular flexibility index (Phi) is 9.10. The highest BCUT2D eigenvalue weighted by Crippen LogP contribution is 2.34. The maximum Gasteiger partial charge on any atom is 0.248 e. The predicted molar refractivity (Wildman–Crippen MR) is 138 cm³/mol. The molecule has 1 saturated carbocycles. The number of rotatable bonds is 9. The molecule has 8 heteroatoms. The zero-order valence-electron chi connectivity index (χ0n) is 20.2. The quantitative estimate of drug-likeness (QED) is 0.458. The Morgan fingerprint density at radius 1 is 1.15 bits per heavy atom. The van der Waals surface area contributed by atoms with Gasteiger partial charge in [-0.3, -0.25) is 19.2 Å². The second-order valence-electron chi connectivity index (χ2n) is 9.00. The molecule has 0 aromatic heterocycles. The average molecular weight is 490 g/mol. The van der Waals surface area contributed by atoms with Crippen LogP contribution in [0.25, 0.3) is 0 Å². The van der Waals surface area contributed by atoms with Crippen LogP contribution in [0.3, 0.4) is 0 Å². The highest BCUT2D eigenvalue weighted by molar-refractivity contribution is 8.26. The van der Waals surface area contributed by atoms with Crippen LogP contribution in [0.2, 0.25) is 0 Å². The van der Waals surface area contributed by atoms with Crippen molar-refractivity contribution in [2.24, 2.45) is 0 Å². The van der Waals surface area contributed by atoms with E-state index in [2.05, 4.69) is 10.0 Å². The SMILES string of the molecule is CCS(C)(O)NCC(=O)N(c1cccc(F)c1)C(C(=O)NC1CCCCC1)c1ccccc1C. The van der Waals surface area contributed by atoms with Gasteiger partial charge in [0, 0.05) is 17.5 Å². The van der Waals surface area contributed by atoms with E-state index >= 15 is 0 Å². The number of carbonyl (C=O) groups is 2. The van der Waals surface area contributed by atoms with Crippen molar-refractivity contribution in [2.45, 2.75) is 58.0 Å². The van der Waals surface area contributed by atoms with Gasteiger partial charge in [0.2, 0.25) is 11.8 Å². The number of nitrogens with zero attached hydrogens (tertiary/aromatic N) is 1. The summed E-state index contributed by atoms with van der Waals surface area (Å²) in [6.45, 7) is 3.56. The van der Waals surface area contributed by atoms with E-state index in [9.17, 15) is 18.5 Å². The summed E-state index contributed by atoms with van der Waals surface area (Å²) in [6, 6.07) is 12.3. The maximum absolute atomic E-state index is 14.2. The van der Waals surface area contributed by atoms with Crippen molar-refractivity contribution in [2.75, 3.05) is 23.5 Å². The smallest absolute Gasteiger partial charge is 0.248 e. The fourth-order valence-electron chi connectivity index (χ4n) is 4.29. The van der Waals surface area contributed by atoms with Gasteiger partial charge in [-0.1, -0.05) is 67.0 Å². The molecule has 2 atom stereocenters. The normalized spacial score (nSPS) is 17.9. The molecule has 2 amide bonds. The molecule has 0 saturated heterocycles. The third-order valence-corrected chi connectivity index (χ3v) is 8.28. The van der Waals surface area contributed by atoms with Crippen LogP contribution in [-0.4, -0.2) is 41.0 Å².